The fourth-order valence-electron chi connectivity index (χ4n) is 3.06. The Labute approximate surface area is 167 Å². The first kappa shape index (κ1) is 21.0. The average molecular weight is 401 g/mol. The van der Waals surface area contributed by atoms with Crippen molar-refractivity contribution in [1.82, 2.24) is 4.90 Å². The predicted molar refractivity (Wildman–Crippen MR) is 104 cm³/mol. The molecular weight excluding hydrogens is 378 g/mol. The molecule has 0 saturated heterocycles. The summed E-state index contributed by atoms with van der Waals surface area (Å²) in [6.07, 6.45) is 1.45. The monoisotopic (exact) mass is 401 g/mol. The van der Waals surface area contributed by atoms with Crippen molar-refractivity contribution in [3.05, 3.63) is 70.8 Å². The van der Waals surface area contributed by atoms with Crippen molar-refractivity contribution >= 4 is 11.5 Å². The van der Waals surface area contributed by atoms with E-state index in [9.17, 15) is 25.2 Å². The highest BCUT2D eigenvalue weighted by atomic mass is 16.5. The Morgan fingerprint density at radius 2 is 1.79 bits per heavy atom. The smallest absolute Gasteiger partial charge is 0.369 e. The van der Waals surface area contributed by atoms with Crippen LogP contribution in [0.25, 0.3) is 5.57 Å². The zero-order valence-corrected chi connectivity index (χ0v) is 16.0. The number of hydrogen-bond acceptors (Lipinski definition) is 7. The summed E-state index contributed by atoms with van der Waals surface area (Å²) in [5, 5.41) is 49.4. The molecule has 1 aliphatic heterocycles. The summed E-state index contributed by atoms with van der Waals surface area (Å²) >= 11 is 0. The average Bonchev–Trinajstić information content (AvgIpc) is 2.82. The Hall–Kier alpha value is -2.75. The summed E-state index contributed by atoms with van der Waals surface area (Å²) in [6, 6.07) is 11.4. The molecule has 1 aliphatic rings. The Balaban J connectivity index is 2.19. The molecule has 0 saturated carbocycles. The van der Waals surface area contributed by atoms with Gasteiger partial charge in [0.05, 0.1) is 0 Å². The van der Waals surface area contributed by atoms with Crippen LogP contribution in [-0.2, 0) is 17.2 Å². The molecule has 8 heteroatoms. The van der Waals surface area contributed by atoms with Gasteiger partial charge in [-0.15, -0.1) is 0 Å². The van der Waals surface area contributed by atoms with Gasteiger partial charge in [-0.25, -0.2) is 4.79 Å². The molecule has 0 fully saturated rings. The maximum Gasteiger partial charge on any atom is 0.369 e. The van der Waals surface area contributed by atoms with Gasteiger partial charge in [-0.3, -0.25) is 4.90 Å². The van der Waals surface area contributed by atoms with Gasteiger partial charge in [-0.1, -0.05) is 30.3 Å². The van der Waals surface area contributed by atoms with E-state index in [1.54, 1.807) is 6.08 Å². The van der Waals surface area contributed by atoms with Gasteiger partial charge in [-0.2, -0.15) is 0 Å². The standard InChI is InChI=1S/C21H23NO7/c1-22(2)20(25,26)10-9-16-15-6-4-3-5-13(15)12-29-18-8-7-14(11-17(16)18)21(27,28)19(23)24/h3-9,11,25-28H,10,12H2,1-2H3,(H,23,24). The lowest BCUT2D eigenvalue weighted by Crippen LogP contribution is -2.43. The van der Waals surface area contributed by atoms with E-state index in [1.807, 2.05) is 24.3 Å². The van der Waals surface area contributed by atoms with Crippen LogP contribution in [0.5, 0.6) is 5.75 Å². The second-order valence-corrected chi connectivity index (χ2v) is 7.12. The molecule has 3 rings (SSSR count). The summed E-state index contributed by atoms with van der Waals surface area (Å²) in [6.45, 7) is 0.249. The van der Waals surface area contributed by atoms with Crippen LogP contribution in [0.3, 0.4) is 0 Å². The molecular formula is C21H23NO7. The van der Waals surface area contributed by atoms with Crippen LogP contribution in [-0.4, -0.2) is 56.4 Å². The molecule has 8 nitrogen and oxygen atoms in total. The first-order valence-corrected chi connectivity index (χ1v) is 8.90. The lowest BCUT2D eigenvalue weighted by molar-refractivity contribution is -0.245. The molecule has 2 aromatic rings. The molecule has 0 unspecified atom stereocenters. The summed E-state index contributed by atoms with van der Waals surface area (Å²) in [7, 11) is 3.04. The minimum atomic E-state index is -3.08. The van der Waals surface area contributed by atoms with Crippen molar-refractivity contribution in [1.29, 1.82) is 0 Å². The number of fused-ring (bicyclic) bond motifs is 2. The highest BCUT2D eigenvalue weighted by molar-refractivity contribution is 5.86. The maximum absolute atomic E-state index is 11.3. The minimum Gasteiger partial charge on any atom is -0.488 e. The van der Waals surface area contributed by atoms with Gasteiger partial charge in [0, 0.05) is 17.5 Å². The third-order valence-electron chi connectivity index (χ3n) is 4.96. The molecule has 0 amide bonds. The molecule has 29 heavy (non-hydrogen) atoms. The van der Waals surface area contributed by atoms with Crippen LogP contribution in [0.1, 0.15) is 28.7 Å². The lowest BCUT2D eigenvalue weighted by Gasteiger charge is -2.28. The number of hydrogen-bond donors (Lipinski definition) is 5. The van der Waals surface area contributed by atoms with Gasteiger partial charge in [-0.05, 0) is 49.0 Å². The van der Waals surface area contributed by atoms with E-state index in [0.29, 0.717) is 16.9 Å². The molecule has 2 aromatic carbocycles. The van der Waals surface area contributed by atoms with E-state index >= 15 is 0 Å². The van der Waals surface area contributed by atoms with Gasteiger partial charge in [0.2, 0.25) is 5.91 Å². The quantitative estimate of drug-likeness (QED) is 0.466. The normalized spacial score (nSPS) is 15.5. The van der Waals surface area contributed by atoms with Crippen LogP contribution in [0.4, 0.5) is 0 Å². The second-order valence-electron chi connectivity index (χ2n) is 7.12. The first-order valence-electron chi connectivity index (χ1n) is 8.90. The van der Waals surface area contributed by atoms with Gasteiger partial charge in [0.15, 0.2) is 0 Å². The summed E-state index contributed by atoms with van der Waals surface area (Å²) in [5.74, 6) is -6.59. The maximum atomic E-state index is 11.3. The third kappa shape index (κ3) is 4.02. The lowest BCUT2D eigenvalue weighted by atomic mass is 9.91. The van der Waals surface area contributed by atoms with E-state index in [-0.39, 0.29) is 18.6 Å². The van der Waals surface area contributed by atoms with Crippen molar-refractivity contribution in [2.45, 2.75) is 24.7 Å². The molecule has 0 atom stereocenters. The summed E-state index contributed by atoms with van der Waals surface area (Å²) in [4.78, 5) is 12.5. The Bertz CT molecular complexity index is 963. The minimum absolute atomic E-state index is 0.157. The summed E-state index contributed by atoms with van der Waals surface area (Å²) in [5.41, 5.74) is 2.33. The first-order chi connectivity index (χ1) is 13.5. The van der Waals surface area contributed by atoms with Crippen molar-refractivity contribution in [2.75, 3.05) is 14.1 Å². The van der Waals surface area contributed by atoms with Crippen LogP contribution >= 0.6 is 0 Å². The number of carbonyl (C=O) groups is 1. The number of benzene rings is 2. The molecule has 0 spiro atoms. The van der Waals surface area contributed by atoms with Crippen LogP contribution < -0.4 is 4.74 Å². The van der Waals surface area contributed by atoms with Gasteiger partial charge in [0.25, 0.3) is 5.79 Å². The molecule has 0 radical (unpaired) electrons. The Morgan fingerprint density at radius 3 is 2.45 bits per heavy atom. The molecule has 0 bridgehead atoms. The highest BCUT2D eigenvalue weighted by Gasteiger charge is 2.36. The van der Waals surface area contributed by atoms with Crippen molar-refractivity contribution in [3.63, 3.8) is 0 Å². The van der Waals surface area contributed by atoms with Crippen LogP contribution in [0.2, 0.25) is 0 Å². The zero-order chi connectivity index (χ0) is 21.4. The predicted octanol–water partition coefficient (Wildman–Crippen LogP) is 0.823. The van der Waals surface area contributed by atoms with E-state index in [4.69, 9.17) is 9.84 Å². The number of aliphatic carboxylic acids is 1. The molecule has 0 aromatic heterocycles. The van der Waals surface area contributed by atoms with Crippen molar-refractivity contribution < 1.29 is 35.1 Å². The topological polar surface area (TPSA) is 131 Å². The van der Waals surface area contributed by atoms with Gasteiger partial charge >= 0.3 is 5.97 Å². The molecule has 5 N–H and O–H groups in total. The van der Waals surface area contributed by atoms with Crippen molar-refractivity contribution in [3.8, 4) is 5.75 Å². The Kier molecular flexibility index (Phi) is 5.48. The fraction of sp³-hybridized carbons (Fsp3) is 0.286. The number of carboxylic acid groups (broad SMARTS) is 1. The van der Waals surface area contributed by atoms with Gasteiger partial charge < -0.3 is 30.3 Å². The number of rotatable bonds is 5. The highest BCUT2D eigenvalue weighted by Crippen LogP contribution is 2.39. The van der Waals surface area contributed by atoms with E-state index in [1.165, 1.54) is 37.2 Å². The van der Waals surface area contributed by atoms with Crippen molar-refractivity contribution in [2.24, 2.45) is 0 Å². The molecule has 0 aliphatic carbocycles. The summed E-state index contributed by atoms with van der Waals surface area (Å²) < 4.78 is 5.83. The Morgan fingerprint density at radius 1 is 1.10 bits per heavy atom. The van der Waals surface area contributed by atoms with Crippen LogP contribution in [0, 0.1) is 0 Å². The second kappa shape index (κ2) is 7.58. The largest absolute Gasteiger partial charge is 0.488 e. The third-order valence-corrected chi connectivity index (χ3v) is 4.96. The SMILES string of the molecule is CN(C)C(O)(O)CC=C1c2ccccc2COc2ccc(C(O)(O)C(=O)O)cc21. The van der Waals surface area contributed by atoms with E-state index < -0.39 is 17.7 Å². The van der Waals surface area contributed by atoms with E-state index in [0.717, 1.165) is 11.1 Å². The molecule has 154 valence electrons. The number of ether oxygens (including phenoxy) is 1. The number of carboxylic acids is 1. The van der Waals surface area contributed by atoms with E-state index in [2.05, 4.69) is 0 Å². The number of nitrogens with zero attached hydrogens (tertiary/aromatic N) is 1. The number of aliphatic hydroxyl groups is 4. The van der Waals surface area contributed by atoms with Crippen LogP contribution in [0.15, 0.2) is 48.5 Å². The zero-order valence-electron chi connectivity index (χ0n) is 16.0. The fourth-order valence-corrected chi connectivity index (χ4v) is 3.06. The molecule has 1 heterocycles. The van der Waals surface area contributed by atoms with Gasteiger partial charge in [0.1, 0.15) is 12.4 Å².